The Hall–Kier alpha value is -1.61. The molecule has 0 spiro atoms. The average Bonchev–Trinajstić information content (AvgIpc) is 2.95. The van der Waals surface area contributed by atoms with Crippen LogP contribution in [0.25, 0.3) is 0 Å². The molecule has 0 aromatic carbocycles. The van der Waals surface area contributed by atoms with E-state index in [9.17, 15) is 8.42 Å². The van der Waals surface area contributed by atoms with Gasteiger partial charge in [0.25, 0.3) is 0 Å². The normalized spacial score (nSPS) is 21.0. The van der Waals surface area contributed by atoms with Gasteiger partial charge in [-0.3, -0.25) is 9.67 Å². The quantitative estimate of drug-likeness (QED) is 0.588. The second kappa shape index (κ2) is 7.96. The molecule has 0 aliphatic carbocycles. The van der Waals surface area contributed by atoms with E-state index in [-0.39, 0.29) is 11.8 Å². The summed E-state index contributed by atoms with van der Waals surface area (Å²) in [6.07, 6.45) is 3.87. The van der Waals surface area contributed by atoms with Gasteiger partial charge in [-0.1, -0.05) is 0 Å². The molecule has 1 aromatic rings. The Morgan fingerprint density at radius 1 is 1.46 bits per heavy atom. The van der Waals surface area contributed by atoms with E-state index in [0.29, 0.717) is 19.6 Å². The number of aromatic nitrogens is 2. The molecule has 26 heavy (non-hydrogen) atoms. The van der Waals surface area contributed by atoms with Crippen molar-refractivity contribution in [3.05, 3.63) is 18.0 Å². The Kier molecular flexibility index (Phi) is 6.33. The number of aryl methyl sites for hydroxylation is 1. The number of sulfone groups is 1. The summed E-state index contributed by atoms with van der Waals surface area (Å²) in [5.41, 5.74) is 1.11. The smallest absolute Gasteiger partial charge is 0.194 e. The van der Waals surface area contributed by atoms with Crippen LogP contribution in [0.1, 0.15) is 32.4 Å². The lowest BCUT2D eigenvalue weighted by Gasteiger charge is -2.39. The summed E-state index contributed by atoms with van der Waals surface area (Å²) in [7, 11) is 2.88. The van der Waals surface area contributed by atoms with Crippen LogP contribution in [0.4, 0.5) is 0 Å². The van der Waals surface area contributed by atoms with E-state index in [1.54, 1.807) is 18.5 Å². The second-order valence-electron chi connectivity index (χ2n) is 7.62. The second-order valence-corrected chi connectivity index (χ2v) is 10.4. The molecular formula is C17H32N6O2S. The lowest BCUT2D eigenvalue weighted by molar-refractivity contribution is 0.302. The van der Waals surface area contributed by atoms with Crippen LogP contribution in [-0.4, -0.2) is 84.7 Å². The van der Waals surface area contributed by atoms with Crippen molar-refractivity contribution >= 4 is 15.8 Å². The van der Waals surface area contributed by atoms with E-state index in [1.807, 2.05) is 40.5 Å². The third-order valence-electron chi connectivity index (χ3n) is 4.82. The van der Waals surface area contributed by atoms with Gasteiger partial charge in [0, 0.05) is 38.4 Å². The summed E-state index contributed by atoms with van der Waals surface area (Å²) in [4.78, 5) is 8.99. The van der Waals surface area contributed by atoms with E-state index in [0.717, 1.165) is 18.1 Å². The molecule has 1 atom stereocenters. The summed E-state index contributed by atoms with van der Waals surface area (Å²) in [6, 6.07) is 0.110. The molecule has 1 fully saturated rings. The summed E-state index contributed by atoms with van der Waals surface area (Å²) in [5, 5.41) is 7.57. The van der Waals surface area contributed by atoms with Crippen molar-refractivity contribution in [3.8, 4) is 0 Å². The van der Waals surface area contributed by atoms with Crippen molar-refractivity contribution in [1.29, 1.82) is 0 Å². The number of hydrogen-bond donors (Lipinski definition) is 1. The minimum Gasteiger partial charge on any atom is -0.357 e. The molecule has 2 heterocycles. The van der Waals surface area contributed by atoms with Gasteiger partial charge in [0.05, 0.1) is 29.3 Å². The van der Waals surface area contributed by atoms with Crippen LogP contribution in [0.15, 0.2) is 17.4 Å². The molecule has 1 N–H and O–H groups in total. The third kappa shape index (κ3) is 4.56. The summed E-state index contributed by atoms with van der Waals surface area (Å²) >= 11 is 0. The number of likely N-dealkylation sites (N-methyl/N-ethyl adjacent to an activating group) is 1. The lowest BCUT2D eigenvalue weighted by Crippen LogP contribution is -2.57. The first-order chi connectivity index (χ1) is 12.1. The lowest BCUT2D eigenvalue weighted by atomic mass is 10.1. The average molecular weight is 385 g/mol. The fraction of sp³-hybridized carbons (Fsp3) is 0.765. The van der Waals surface area contributed by atoms with Crippen molar-refractivity contribution in [2.45, 2.75) is 31.6 Å². The van der Waals surface area contributed by atoms with Gasteiger partial charge in [-0.2, -0.15) is 5.10 Å². The summed E-state index contributed by atoms with van der Waals surface area (Å²) < 4.78 is 25.6. The molecule has 2 rings (SSSR count). The highest BCUT2D eigenvalue weighted by molar-refractivity contribution is 7.92. The number of nitrogens with one attached hydrogen (secondary N) is 1. The molecule has 148 valence electrons. The predicted octanol–water partition coefficient (Wildman–Crippen LogP) is 0.497. The molecular weight excluding hydrogens is 352 g/mol. The molecule has 1 aliphatic heterocycles. The van der Waals surface area contributed by atoms with Crippen LogP contribution >= 0.6 is 0 Å². The van der Waals surface area contributed by atoms with Gasteiger partial charge in [0.1, 0.15) is 0 Å². The minimum atomic E-state index is -3.07. The standard InChI is InChI=1S/C17H32N6O2S/c1-7-18-16(23-8-9-26(24,25)17(2,3)13-23)19-11-15(21(4)5)14-10-20-22(6)12-14/h10,12,15H,7-9,11,13H2,1-6H3,(H,18,19). The highest BCUT2D eigenvalue weighted by atomic mass is 32.2. The number of aliphatic imine (C=N–C) groups is 1. The molecule has 9 heteroatoms. The zero-order valence-electron chi connectivity index (χ0n) is 16.7. The molecule has 1 unspecified atom stereocenters. The van der Waals surface area contributed by atoms with Crippen LogP contribution in [0.2, 0.25) is 0 Å². The first kappa shape index (κ1) is 20.7. The van der Waals surface area contributed by atoms with Gasteiger partial charge in [-0.05, 0) is 34.9 Å². The van der Waals surface area contributed by atoms with Crippen molar-refractivity contribution < 1.29 is 8.42 Å². The van der Waals surface area contributed by atoms with Gasteiger partial charge in [-0.25, -0.2) is 8.42 Å². The molecule has 0 bridgehead atoms. The van der Waals surface area contributed by atoms with Crippen LogP contribution in [0, 0.1) is 0 Å². The van der Waals surface area contributed by atoms with Gasteiger partial charge in [-0.15, -0.1) is 0 Å². The number of hydrogen-bond acceptors (Lipinski definition) is 5. The highest BCUT2D eigenvalue weighted by Crippen LogP contribution is 2.24. The van der Waals surface area contributed by atoms with Gasteiger partial charge in [0.2, 0.25) is 0 Å². The van der Waals surface area contributed by atoms with Crippen molar-refractivity contribution in [2.24, 2.45) is 12.0 Å². The maximum atomic E-state index is 12.3. The van der Waals surface area contributed by atoms with E-state index < -0.39 is 14.6 Å². The van der Waals surface area contributed by atoms with Crippen LogP contribution in [-0.2, 0) is 16.9 Å². The molecule has 1 aromatic heterocycles. The Balaban J connectivity index is 2.20. The van der Waals surface area contributed by atoms with E-state index in [2.05, 4.69) is 20.2 Å². The Morgan fingerprint density at radius 3 is 2.65 bits per heavy atom. The third-order valence-corrected chi connectivity index (χ3v) is 7.36. The fourth-order valence-corrected chi connectivity index (χ4v) is 4.47. The zero-order valence-corrected chi connectivity index (χ0v) is 17.5. The Bertz CT molecular complexity index is 738. The Morgan fingerprint density at radius 2 is 2.15 bits per heavy atom. The first-order valence-corrected chi connectivity index (χ1v) is 10.6. The van der Waals surface area contributed by atoms with Gasteiger partial charge >= 0.3 is 0 Å². The van der Waals surface area contributed by atoms with Crippen molar-refractivity contribution in [2.75, 3.05) is 46.0 Å². The van der Waals surface area contributed by atoms with E-state index >= 15 is 0 Å². The van der Waals surface area contributed by atoms with E-state index in [4.69, 9.17) is 4.99 Å². The fourth-order valence-electron chi connectivity index (χ4n) is 3.10. The SMILES string of the molecule is CCNC(=NCC(c1cnn(C)c1)N(C)C)N1CCS(=O)(=O)C(C)(C)C1. The van der Waals surface area contributed by atoms with Crippen LogP contribution < -0.4 is 5.32 Å². The maximum absolute atomic E-state index is 12.3. The van der Waals surface area contributed by atoms with Crippen LogP contribution in [0.3, 0.4) is 0 Å². The molecule has 0 saturated carbocycles. The van der Waals surface area contributed by atoms with E-state index in [1.165, 1.54) is 0 Å². The molecule has 1 saturated heterocycles. The van der Waals surface area contributed by atoms with Crippen molar-refractivity contribution in [1.82, 2.24) is 24.9 Å². The molecule has 0 radical (unpaired) electrons. The maximum Gasteiger partial charge on any atom is 0.194 e. The first-order valence-electron chi connectivity index (χ1n) is 8.98. The molecule has 1 aliphatic rings. The molecule has 8 nitrogen and oxygen atoms in total. The van der Waals surface area contributed by atoms with Gasteiger partial charge in [0.15, 0.2) is 15.8 Å². The summed E-state index contributed by atoms with van der Waals surface area (Å²) in [5.74, 6) is 0.927. The largest absolute Gasteiger partial charge is 0.357 e. The summed E-state index contributed by atoms with van der Waals surface area (Å²) in [6.45, 7) is 7.82. The number of guanidine groups is 1. The zero-order chi connectivity index (χ0) is 19.5. The number of nitrogens with zero attached hydrogens (tertiary/aromatic N) is 5. The topological polar surface area (TPSA) is 82.8 Å². The minimum absolute atomic E-state index is 0.110. The molecule has 0 amide bonds. The predicted molar refractivity (Wildman–Crippen MR) is 105 cm³/mol. The number of rotatable bonds is 5. The van der Waals surface area contributed by atoms with Crippen LogP contribution in [0.5, 0.6) is 0 Å². The monoisotopic (exact) mass is 384 g/mol. The van der Waals surface area contributed by atoms with Crippen molar-refractivity contribution in [3.63, 3.8) is 0 Å². The Labute approximate surface area is 157 Å². The highest BCUT2D eigenvalue weighted by Gasteiger charge is 2.41. The van der Waals surface area contributed by atoms with Gasteiger partial charge < -0.3 is 15.1 Å².